The van der Waals surface area contributed by atoms with Crippen LogP contribution in [0.15, 0.2) is 11.6 Å². The Hall–Kier alpha value is -0.570. The van der Waals surface area contributed by atoms with Gasteiger partial charge in [0.1, 0.15) is 0 Å². The Morgan fingerprint density at radius 2 is 2.14 bits per heavy atom. The third-order valence-electron chi connectivity index (χ3n) is 5.15. The first-order valence-electron chi connectivity index (χ1n) is 6.90. The Labute approximate surface area is 121 Å². The zero-order valence-electron chi connectivity index (χ0n) is 11.6. The van der Waals surface area contributed by atoms with Gasteiger partial charge in [-0.3, -0.25) is 4.55 Å². The van der Waals surface area contributed by atoms with Crippen molar-refractivity contribution in [1.29, 1.82) is 0 Å². The molecule has 2 N–H and O–H groups in total. The maximum Gasteiger partial charge on any atom is 0.421 e. The van der Waals surface area contributed by atoms with Crippen LogP contribution in [0, 0.1) is 17.3 Å². The van der Waals surface area contributed by atoms with Crippen LogP contribution in [-0.2, 0) is 14.9 Å². The van der Waals surface area contributed by atoms with Crippen LogP contribution >= 0.6 is 0 Å². The topological polar surface area (TPSA) is 83.8 Å². The monoisotopic (exact) mass is 324 g/mol. The number of ether oxygens (including phenoxy) is 1. The quantitative estimate of drug-likeness (QED) is 0.459. The fraction of sp³-hybridized carbons (Fsp3) is 0.846. The Kier molecular flexibility index (Phi) is 3.10. The van der Waals surface area contributed by atoms with Crippen molar-refractivity contribution in [1.82, 2.24) is 0 Å². The lowest BCUT2D eigenvalue weighted by Crippen LogP contribution is -2.57. The van der Waals surface area contributed by atoms with Crippen molar-refractivity contribution >= 4 is 10.1 Å². The van der Waals surface area contributed by atoms with Gasteiger partial charge >= 0.3 is 15.4 Å². The van der Waals surface area contributed by atoms with Gasteiger partial charge in [0.2, 0.25) is 5.79 Å². The maximum atomic E-state index is 13.6. The fourth-order valence-electron chi connectivity index (χ4n) is 4.11. The van der Waals surface area contributed by atoms with E-state index in [0.29, 0.717) is 18.8 Å². The van der Waals surface area contributed by atoms with Gasteiger partial charge in [-0.1, -0.05) is 11.6 Å². The van der Waals surface area contributed by atoms with E-state index >= 15 is 0 Å². The molecule has 2 fully saturated rings. The highest BCUT2D eigenvalue weighted by Crippen LogP contribution is 2.65. The molecule has 0 amide bonds. The molecule has 2 saturated carbocycles. The first-order chi connectivity index (χ1) is 9.49. The summed E-state index contributed by atoms with van der Waals surface area (Å²) in [6.07, 6.45) is 5.87. The molecule has 4 atom stereocenters. The van der Waals surface area contributed by atoms with Crippen LogP contribution in [-0.4, -0.2) is 35.7 Å². The van der Waals surface area contributed by atoms with E-state index in [4.69, 9.17) is 9.29 Å². The lowest BCUT2D eigenvalue weighted by molar-refractivity contribution is -0.290. The van der Waals surface area contributed by atoms with E-state index in [1.807, 2.05) is 0 Å². The van der Waals surface area contributed by atoms with E-state index in [1.165, 1.54) is 5.57 Å². The van der Waals surface area contributed by atoms with Gasteiger partial charge in [-0.05, 0) is 44.4 Å². The highest BCUT2D eigenvalue weighted by molar-refractivity contribution is 7.87. The van der Waals surface area contributed by atoms with Gasteiger partial charge in [0.25, 0.3) is 0 Å². The molecule has 0 aromatic heterocycles. The summed E-state index contributed by atoms with van der Waals surface area (Å²) >= 11 is 0. The molecule has 0 aliphatic heterocycles. The number of aliphatic hydroxyl groups is 1. The van der Waals surface area contributed by atoms with Crippen molar-refractivity contribution in [2.75, 3.05) is 6.61 Å². The predicted molar refractivity (Wildman–Crippen MR) is 69.0 cm³/mol. The lowest BCUT2D eigenvalue weighted by Gasteiger charge is -2.61. The average molecular weight is 324 g/mol. The lowest BCUT2D eigenvalue weighted by atomic mass is 9.45. The molecule has 0 aromatic rings. The first kappa shape index (κ1) is 15.3. The van der Waals surface area contributed by atoms with E-state index in [9.17, 15) is 22.3 Å². The fourth-order valence-corrected chi connectivity index (χ4v) is 4.65. The van der Waals surface area contributed by atoms with Gasteiger partial charge in [0, 0.05) is 5.41 Å². The largest absolute Gasteiger partial charge is 0.421 e. The molecule has 0 heterocycles. The summed E-state index contributed by atoms with van der Waals surface area (Å²) in [6.45, 7) is 0.396. The molecule has 5 nitrogen and oxygen atoms in total. The molecule has 4 bridgehead atoms. The van der Waals surface area contributed by atoms with Crippen molar-refractivity contribution in [3.05, 3.63) is 11.6 Å². The number of hydrogen-bond acceptors (Lipinski definition) is 4. The summed E-state index contributed by atoms with van der Waals surface area (Å²) in [7, 11) is -5.75. The molecule has 0 radical (unpaired) electrons. The van der Waals surface area contributed by atoms with Gasteiger partial charge in [0.05, 0.1) is 6.61 Å². The normalized spacial score (nSPS) is 37.7. The Morgan fingerprint density at radius 3 is 2.62 bits per heavy atom. The number of rotatable bonds is 5. The predicted octanol–water partition coefficient (Wildman–Crippen LogP) is 1.94. The van der Waals surface area contributed by atoms with Crippen LogP contribution in [0.25, 0.3) is 0 Å². The molecule has 4 aliphatic carbocycles. The first-order valence-corrected chi connectivity index (χ1v) is 8.34. The minimum Gasteiger partial charge on any atom is -0.360 e. The van der Waals surface area contributed by atoms with Crippen LogP contribution in [0.5, 0.6) is 0 Å². The second-order valence-corrected chi connectivity index (χ2v) is 8.11. The van der Waals surface area contributed by atoms with Crippen LogP contribution in [0.3, 0.4) is 0 Å². The zero-order valence-corrected chi connectivity index (χ0v) is 12.4. The molecular formula is C13H18F2O5S. The molecule has 4 aliphatic rings. The second kappa shape index (κ2) is 4.24. The number of fused-ring (bicyclic) bond motifs is 1. The summed E-state index contributed by atoms with van der Waals surface area (Å²) < 4.78 is 62.0. The van der Waals surface area contributed by atoms with Crippen LogP contribution < -0.4 is 0 Å². The third-order valence-corrected chi connectivity index (χ3v) is 6.18. The Morgan fingerprint density at radius 1 is 1.48 bits per heavy atom. The van der Waals surface area contributed by atoms with Crippen LogP contribution in [0.4, 0.5) is 8.78 Å². The van der Waals surface area contributed by atoms with Gasteiger partial charge < -0.3 is 9.84 Å². The van der Waals surface area contributed by atoms with E-state index in [1.54, 1.807) is 0 Å². The van der Waals surface area contributed by atoms with Crippen LogP contribution in [0.2, 0.25) is 0 Å². The smallest absolute Gasteiger partial charge is 0.360 e. The van der Waals surface area contributed by atoms with Gasteiger partial charge in [0.15, 0.2) is 0 Å². The summed E-state index contributed by atoms with van der Waals surface area (Å²) in [4.78, 5) is 0. The SMILES string of the molecule is CC(O)(OCC12CC3CC=C1C(C3)C2)C(F)(F)S(=O)(=O)O. The number of hydrogen-bond donors (Lipinski definition) is 2. The van der Waals surface area contributed by atoms with Crippen molar-refractivity contribution in [2.45, 2.75) is 43.6 Å². The van der Waals surface area contributed by atoms with Gasteiger partial charge in [-0.25, -0.2) is 0 Å². The van der Waals surface area contributed by atoms with Crippen molar-refractivity contribution < 1.29 is 31.6 Å². The molecule has 120 valence electrons. The third kappa shape index (κ3) is 2.07. The molecule has 4 rings (SSSR count). The van der Waals surface area contributed by atoms with E-state index in [0.717, 1.165) is 25.7 Å². The van der Waals surface area contributed by atoms with E-state index in [2.05, 4.69) is 6.08 Å². The van der Waals surface area contributed by atoms with Crippen LogP contribution in [0.1, 0.15) is 32.6 Å². The molecule has 8 heteroatoms. The van der Waals surface area contributed by atoms with E-state index < -0.39 is 21.2 Å². The Bertz CT molecular complexity index is 598. The van der Waals surface area contributed by atoms with E-state index in [-0.39, 0.29) is 12.0 Å². The molecule has 21 heavy (non-hydrogen) atoms. The standard InChI is InChI=1S/C13H18F2O5S/c1-11(16,13(14,15)21(17,18)19)20-7-12-5-8-2-3-10(12)9(4-8)6-12/h3,8-9,16H,2,4-7H2,1H3,(H,17,18,19). The number of alkyl halides is 2. The molecule has 0 aromatic carbocycles. The maximum absolute atomic E-state index is 13.6. The highest BCUT2D eigenvalue weighted by atomic mass is 32.2. The molecule has 4 unspecified atom stereocenters. The summed E-state index contributed by atoms with van der Waals surface area (Å²) in [6, 6.07) is 0. The second-order valence-electron chi connectivity index (χ2n) is 6.65. The van der Waals surface area contributed by atoms with Crippen molar-refractivity contribution in [2.24, 2.45) is 17.3 Å². The minimum absolute atomic E-state index is 0.163. The highest BCUT2D eigenvalue weighted by Gasteiger charge is 2.63. The zero-order chi connectivity index (χ0) is 15.7. The van der Waals surface area contributed by atoms with Gasteiger partial charge in [-0.2, -0.15) is 17.2 Å². The molecular weight excluding hydrogens is 306 g/mol. The summed E-state index contributed by atoms with van der Waals surface area (Å²) in [5.74, 6) is -2.28. The number of halogens is 2. The molecule has 0 spiro atoms. The average Bonchev–Trinajstić information content (AvgIpc) is 2.35. The van der Waals surface area contributed by atoms with Crippen molar-refractivity contribution in [3.8, 4) is 0 Å². The minimum atomic E-state index is -5.75. The summed E-state index contributed by atoms with van der Waals surface area (Å²) in [5.41, 5.74) is 0.849. The van der Waals surface area contributed by atoms with Crippen molar-refractivity contribution in [3.63, 3.8) is 0 Å². The Balaban J connectivity index is 1.74. The molecule has 0 saturated heterocycles. The number of allylic oxidation sites excluding steroid dienone is 1. The summed E-state index contributed by atoms with van der Waals surface area (Å²) in [5, 5.41) is 4.90. The van der Waals surface area contributed by atoms with Gasteiger partial charge in [-0.15, -0.1) is 0 Å².